The summed E-state index contributed by atoms with van der Waals surface area (Å²) in [6.07, 6.45) is 0.851. The number of nitrogens with zero attached hydrogens (tertiary/aromatic N) is 2. The number of ether oxygens (including phenoxy) is 3. The molecule has 2 aromatic carbocycles. The number of aliphatic hydroxyl groups is 1. The van der Waals surface area contributed by atoms with Crippen LogP contribution in [0.1, 0.15) is 30.5 Å². The molecule has 0 aromatic heterocycles. The van der Waals surface area contributed by atoms with Gasteiger partial charge in [0, 0.05) is 31.7 Å². The third-order valence-corrected chi connectivity index (χ3v) is 6.31. The van der Waals surface area contributed by atoms with Crippen molar-refractivity contribution in [2.75, 3.05) is 53.1 Å². The lowest BCUT2D eigenvalue weighted by atomic mass is 9.95. The summed E-state index contributed by atoms with van der Waals surface area (Å²) in [5.41, 5.74) is 1.23. The topological polar surface area (TPSA) is 88.5 Å². The molecule has 8 nitrogen and oxygen atoms in total. The molecule has 186 valence electrons. The van der Waals surface area contributed by atoms with Gasteiger partial charge in [-0.15, -0.1) is 0 Å². The molecule has 0 bridgehead atoms. The molecule has 0 radical (unpaired) electrons. The van der Waals surface area contributed by atoms with Crippen LogP contribution in [0.15, 0.2) is 54.1 Å². The van der Waals surface area contributed by atoms with E-state index in [1.165, 1.54) is 0 Å². The number of hydrogen-bond acceptors (Lipinski definition) is 7. The van der Waals surface area contributed by atoms with E-state index in [-0.39, 0.29) is 11.3 Å². The number of methoxy groups -OCH3 is 1. The van der Waals surface area contributed by atoms with Crippen molar-refractivity contribution >= 4 is 17.4 Å². The molecular weight excluding hydrogens is 448 g/mol. The second-order valence-electron chi connectivity index (χ2n) is 8.57. The molecule has 2 aliphatic rings. The quantitative estimate of drug-likeness (QED) is 0.335. The molecule has 0 aliphatic carbocycles. The SMILES string of the molecule is CCCOc1ccc([C@H]2/C(=C(\O)c3ccccc3)C(=O)C(=O)N2CCN2CCOCC2)cc1OC. The van der Waals surface area contributed by atoms with Gasteiger partial charge in [0.15, 0.2) is 11.5 Å². The lowest BCUT2D eigenvalue weighted by molar-refractivity contribution is -0.140. The number of hydrogen-bond donors (Lipinski definition) is 1. The Morgan fingerprint density at radius 2 is 1.80 bits per heavy atom. The fourth-order valence-corrected chi connectivity index (χ4v) is 4.47. The Bertz CT molecular complexity index is 1080. The largest absolute Gasteiger partial charge is 0.507 e. The fourth-order valence-electron chi connectivity index (χ4n) is 4.47. The average Bonchev–Trinajstić information content (AvgIpc) is 3.16. The predicted octanol–water partition coefficient (Wildman–Crippen LogP) is 3.24. The Kier molecular flexibility index (Phi) is 8.05. The first-order valence-electron chi connectivity index (χ1n) is 12.0. The summed E-state index contributed by atoms with van der Waals surface area (Å²) in [5, 5.41) is 11.2. The predicted molar refractivity (Wildman–Crippen MR) is 131 cm³/mol. The summed E-state index contributed by atoms with van der Waals surface area (Å²) in [4.78, 5) is 30.2. The first-order valence-corrected chi connectivity index (χ1v) is 12.0. The van der Waals surface area contributed by atoms with Crippen LogP contribution in [-0.4, -0.2) is 79.7 Å². The number of carbonyl (C=O) groups excluding carboxylic acids is 2. The van der Waals surface area contributed by atoms with Gasteiger partial charge >= 0.3 is 0 Å². The molecule has 2 fully saturated rings. The van der Waals surface area contributed by atoms with Crippen molar-refractivity contribution in [3.05, 3.63) is 65.2 Å². The highest BCUT2D eigenvalue weighted by Gasteiger charge is 2.46. The van der Waals surface area contributed by atoms with Gasteiger partial charge in [0.1, 0.15) is 5.76 Å². The molecule has 2 saturated heterocycles. The van der Waals surface area contributed by atoms with Gasteiger partial charge in [0.2, 0.25) is 0 Å². The second-order valence-corrected chi connectivity index (χ2v) is 8.57. The van der Waals surface area contributed by atoms with Crippen LogP contribution in [0.5, 0.6) is 11.5 Å². The third-order valence-electron chi connectivity index (χ3n) is 6.31. The molecule has 8 heteroatoms. The van der Waals surface area contributed by atoms with Gasteiger partial charge in [0.05, 0.1) is 38.5 Å². The molecule has 1 atom stereocenters. The van der Waals surface area contributed by atoms with E-state index in [0.717, 1.165) is 19.5 Å². The zero-order chi connectivity index (χ0) is 24.8. The molecule has 0 spiro atoms. The average molecular weight is 481 g/mol. The number of carbonyl (C=O) groups is 2. The third kappa shape index (κ3) is 5.33. The van der Waals surface area contributed by atoms with Gasteiger partial charge in [-0.2, -0.15) is 0 Å². The van der Waals surface area contributed by atoms with E-state index in [0.29, 0.717) is 55.5 Å². The second kappa shape index (κ2) is 11.4. The standard InChI is InChI=1S/C27H32N2O6/c1-3-15-35-21-10-9-20(18-22(21)33-2)24-23(25(30)19-7-5-4-6-8-19)26(31)27(32)29(24)12-11-28-13-16-34-17-14-28/h4-10,18,24,30H,3,11-17H2,1-2H3/b25-23+/t24-/m0/s1. The van der Waals surface area contributed by atoms with Gasteiger partial charge in [-0.3, -0.25) is 14.5 Å². The summed E-state index contributed by atoms with van der Waals surface area (Å²) < 4.78 is 16.8. The van der Waals surface area contributed by atoms with Crippen LogP contribution in [-0.2, 0) is 14.3 Å². The summed E-state index contributed by atoms with van der Waals surface area (Å²) in [6, 6.07) is 13.5. The van der Waals surface area contributed by atoms with Crippen molar-refractivity contribution in [3.8, 4) is 11.5 Å². The molecule has 35 heavy (non-hydrogen) atoms. The van der Waals surface area contributed by atoms with Gasteiger partial charge < -0.3 is 24.2 Å². The van der Waals surface area contributed by atoms with Gasteiger partial charge in [-0.1, -0.05) is 43.3 Å². The highest BCUT2D eigenvalue weighted by Crippen LogP contribution is 2.41. The number of amides is 1. The van der Waals surface area contributed by atoms with Gasteiger partial charge in [-0.05, 0) is 24.1 Å². The maximum absolute atomic E-state index is 13.2. The first-order chi connectivity index (χ1) is 17.0. The summed E-state index contributed by atoms with van der Waals surface area (Å²) >= 11 is 0. The smallest absolute Gasteiger partial charge is 0.295 e. The number of Topliss-reactive ketones (excluding diaryl/α,β-unsaturated/α-hetero) is 1. The minimum absolute atomic E-state index is 0.0763. The monoisotopic (exact) mass is 480 g/mol. The summed E-state index contributed by atoms with van der Waals surface area (Å²) in [5.74, 6) is -0.399. The van der Waals surface area contributed by atoms with Crippen molar-refractivity contribution in [1.82, 2.24) is 9.80 Å². The molecule has 2 aliphatic heterocycles. The lowest BCUT2D eigenvalue weighted by Gasteiger charge is -2.31. The molecule has 4 rings (SSSR count). The van der Waals surface area contributed by atoms with Crippen molar-refractivity contribution in [1.29, 1.82) is 0 Å². The van der Waals surface area contributed by atoms with Gasteiger partial charge in [-0.25, -0.2) is 0 Å². The molecule has 1 N–H and O–H groups in total. The van der Waals surface area contributed by atoms with Gasteiger partial charge in [0.25, 0.3) is 11.7 Å². The Morgan fingerprint density at radius 3 is 2.49 bits per heavy atom. The maximum Gasteiger partial charge on any atom is 0.295 e. The van der Waals surface area contributed by atoms with E-state index in [1.807, 2.05) is 19.1 Å². The van der Waals surface area contributed by atoms with Crippen molar-refractivity contribution < 1.29 is 28.9 Å². The molecule has 2 aromatic rings. The van der Waals surface area contributed by atoms with Crippen LogP contribution in [0, 0.1) is 0 Å². The van der Waals surface area contributed by atoms with E-state index in [2.05, 4.69) is 4.90 Å². The lowest BCUT2D eigenvalue weighted by Crippen LogP contribution is -2.42. The molecule has 1 amide bonds. The van der Waals surface area contributed by atoms with E-state index in [1.54, 1.807) is 48.4 Å². The van der Waals surface area contributed by atoms with E-state index in [4.69, 9.17) is 14.2 Å². The number of rotatable bonds is 9. The number of aliphatic hydroxyl groups excluding tert-OH is 1. The number of ketones is 1. The van der Waals surface area contributed by atoms with E-state index in [9.17, 15) is 14.7 Å². The maximum atomic E-state index is 13.2. The Balaban J connectivity index is 1.74. The Labute approximate surface area is 205 Å². The van der Waals surface area contributed by atoms with E-state index >= 15 is 0 Å². The Hall–Kier alpha value is -3.36. The number of benzene rings is 2. The minimum atomic E-state index is -0.745. The molecule has 2 heterocycles. The van der Waals surface area contributed by atoms with Crippen molar-refractivity contribution in [2.24, 2.45) is 0 Å². The fraction of sp³-hybridized carbons (Fsp3) is 0.407. The van der Waals surface area contributed by atoms with Crippen molar-refractivity contribution in [2.45, 2.75) is 19.4 Å². The molecular formula is C27H32N2O6. The zero-order valence-electron chi connectivity index (χ0n) is 20.2. The van der Waals surface area contributed by atoms with Crippen LogP contribution in [0.3, 0.4) is 0 Å². The normalized spacial score (nSPS) is 20.3. The Morgan fingerprint density at radius 1 is 1.06 bits per heavy atom. The summed E-state index contributed by atoms with van der Waals surface area (Å²) in [7, 11) is 1.55. The van der Waals surface area contributed by atoms with Crippen LogP contribution < -0.4 is 9.47 Å². The highest BCUT2D eigenvalue weighted by molar-refractivity contribution is 6.46. The van der Waals surface area contributed by atoms with Crippen LogP contribution in [0.25, 0.3) is 5.76 Å². The number of likely N-dealkylation sites (tertiary alicyclic amines) is 1. The molecule has 0 saturated carbocycles. The first kappa shape index (κ1) is 24.8. The van der Waals surface area contributed by atoms with E-state index < -0.39 is 17.7 Å². The van der Waals surface area contributed by atoms with Crippen LogP contribution >= 0.6 is 0 Å². The van der Waals surface area contributed by atoms with Crippen molar-refractivity contribution in [3.63, 3.8) is 0 Å². The van der Waals surface area contributed by atoms with Crippen LogP contribution in [0.2, 0.25) is 0 Å². The number of morpholine rings is 1. The minimum Gasteiger partial charge on any atom is -0.507 e. The molecule has 0 unspecified atom stereocenters. The highest BCUT2D eigenvalue weighted by atomic mass is 16.5. The zero-order valence-corrected chi connectivity index (χ0v) is 20.2. The van der Waals surface area contributed by atoms with Crippen LogP contribution in [0.4, 0.5) is 0 Å². The summed E-state index contributed by atoms with van der Waals surface area (Å²) in [6.45, 7) is 6.35.